The minimum Gasteiger partial charge on any atom is -0.340 e. The molecule has 4 rings (SSSR count). The number of carbonyl (C=O) groups excluding carboxylic acids is 3. The number of rotatable bonds is 5. The first-order valence-corrected chi connectivity index (χ1v) is 10.8. The van der Waals surface area contributed by atoms with Crippen LogP contribution in [-0.2, 0) is 11.3 Å². The summed E-state index contributed by atoms with van der Waals surface area (Å²) >= 11 is 7.57. The molecule has 0 radical (unpaired) electrons. The van der Waals surface area contributed by atoms with Gasteiger partial charge in [-0.1, -0.05) is 23.2 Å². The molecule has 2 aromatic rings. The lowest BCUT2D eigenvalue weighted by Gasteiger charge is -2.34. The van der Waals surface area contributed by atoms with Gasteiger partial charge in [-0.05, 0) is 31.2 Å². The molecule has 8 heteroatoms. The van der Waals surface area contributed by atoms with E-state index in [1.165, 1.54) is 9.78 Å². The standard InChI is InChI=1S/C21H22ClN3O3S/c1-14-2-4-16-17(12-14)21(28)25(20(16)27)7-6-19(26)24-10-8-23(9-11-24)13-15-3-5-18(22)29-15/h2-5,12H,6-11,13H2,1H3. The number of thiophene rings is 1. The molecule has 152 valence electrons. The summed E-state index contributed by atoms with van der Waals surface area (Å²) in [4.78, 5) is 44.2. The van der Waals surface area contributed by atoms with Crippen molar-refractivity contribution in [3.05, 3.63) is 56.2 Å². The van der Waals surface area contributed by atoms with Gasteiger partial charge in [0.15, 0.2) is 0 Å². The zero-order chi connectivity index (χ0) is 20.5. The Hall–Kier alpha value is -2.22. The summed E-state index contributed by atoms with van der Waals surface area (Å²) in [6.45, 7) is 5.75. The van der Waals surface area contributed by atoms with E-state index >= 15 is 0 Å². The number of fused-ring (bicyclic) bond motifs is 1. The number of piperazine rings is 1. The van der Waals surface area contributed by atoms with Crippen LogP contribution in [0.5, 0.6) is 0 Å². The molecule has 0 aliphatic carbocycles. The van der Waals surface area contributed by atoms with Crippen LogP contribution in [0.4, 0.5) is 0 Å². The van der Waals surface area contributed by atoms with Crippen LogP contribution in [0.25, 0.3) is 0 Å². The van der Waals surface area contributed by atoms with Gasteiger partial charge in [0, 0.05) is 50.6 Å². The Morgan fingerprint density at radius 2 is 1.76 bits per heavy atom. The smallest absolute Gasteiger partial charge is 0.261 e. The lowest BCUT2D eigenvalue weighted by Crippen LogP contribution is -2.48. The summed E-state index contributed by atoms with van der Waals surface area (Å²) in [5, 5.41) is 0. The number of aryl methyl sites for hydroxylation is 1. The third kappa shape index (κ3) is 4.22. The first-order valence-electron chi connectivity index (χ1n) is 9.63. The minimum atomic E-state index is -0.308. The van der Waals surface area contributed by atoms with Crippen LogP contribution in [0.1, 0.15) is 37.6 Å². The van der Waals surface area contributed by atoms with Crippen LogP contribution in [0.3, 0.4) is 0 Å². The van der Waals surface area contributed by atoms with Crippen LogP contribution < -0.4 is 0 Å². The third-order valence-corrected chi connectivity index (χ3v) is 6.62. The number of hydrogen-bond acceptors (Lipinski definition) is 5. The van der Waals surface area contributed by atoms with Crippen LogP contribution in [0.2, 0.25) is 4.34 Å². The van der Waals surface area contributed by atoms with Crippen molar-refractivity contribution in [3.8, 4) is 0 Å². The molecule has 1 saturated heterocycles. The Kier molecular flexibility index (Phi) is 5.72. The highest BCUT2D eigenvalue weighted by atomic mass is 35.5. The van der Waals surface area contributed by atoms with E-state index in [0.717, 1.165) is 29.5 Å². The number of hydrogen-bond donors (Lipinski definition) is 0. The van der Waals surface area contributed by atoms with Gasteiger partial charge in [-0.15, -0.1) is 11.3 Å². The summed E-state index contributed by atoms with van der Waals surface area (Å²) in [6, 6.07) is 9.18. The lowest BCUT2D eigenvalue weighted by molar-refractivity contribution is -0.133. The molecule has 2 aliphatic heterocycles. The summed E-state index contributed by atoms with van der Waals surface area (Å²) < 4.78 is 0.789. The Balaban J connectivity index is 1.27. The van der Waals surface area contributed by atoms with Crippen molar-refractivity contribution in [2.75, 3.05) is 32.7 Å². The van der Waals surface area contributed by atoms with E-state index in [-0.39, 0.29) is 30.7 Å². The average molecular weight is 432 g/mol. The topological polar surface area (TPSA) is 60.9 Å². The quantitative estimate of drug-likeness (QED) is 0.683. The molecule has 0 saturated carbocycles. The predicted octanol–water partition coefficient (Wildman–Crippen LogP) is 3.04. The van der Waals surface area contributed by atoms with Crippen molar-refractivity contribution in [3.63, 3.8) is 0 Å². The fourth-order valence-electron chi connectivity index (χ4n) is 3.79. The molecular formula is C21H22ClN3O3S. The van der Waals surface area contributed by atoms with Gasteiger partial charge in [0.05, 0.1) is 15.5 Å². The highest BCUT2D eigenvalue weighted by Gasteiger charge is 2.35. The maximum Gasteiger partial charge on any atom is 0.261 e. The van der Waals surface area contributed by atoms with Gasteiger partial charge in [0.2, 0.25) is 5.91 Å². The van der Waals surface area contributed by atoms with Gasteiger partial charge >= 0.3 is 0 Å². The second kappa shape index (κ2) is 8.26. The van der Waals surface area contributed by atoms with Gasteiger partial charge < -0.3 is 4.90 Å². The predicted molar refractivity (Wildman–Crippen MR) is 112 cm³/mol. The number of halogens is 1. The van der Waals surface area contributed by atoms with Crippen LogP contribution in [0.15, 0.2) is 30.3 Å². The number of benzene rings is 1. The van der Waals surface area contributed by atoms with Crippen molar-refractivity contribution in [2.45, 2.75) is 19.9 Å². The van der Waals surface area contributed by atoms with E-state index < -0.39 is 0 Å². The van der Waals surface area contributed by atoms with E-state index in [9.17, 15) is 14.4 Å². The molecule has 29 heavy (non-hydrogen) atoms. The molecule has 3 amide bonds. The summed E-state index contributed by atoms with van der Waals surface area (Å²) in [7, 11) is 0. The molecule has 3 heterocycles. The van der Waals surface area contributed by atoms with Gasteiger partial charge in [0.1, 0.15) is 0 Å². The minimum absolute atomic E-state index is 0.0171. The fraction of sp³-hybridized carbons (Fsp3) is 0.381. The van der Waals surface area contributed by atoms with Crippen LogP contribution in [0, 0.1) is 6.92 Å². The zero-order valence-corrected chi connectivity index (χ0v) is 17.8. The second-order valence-corrected chi connectivity index (χ2v) is 9.22. The highest BCUT2D eigenvalue weighted by Crippen LogP contribution is 2.25. The molecule has 1 aromatic heterocycles. The molecule has 1 aromatic carbocycles. The summed E-state index contributed by atoms with van der Waals surface area (Å²) in [5.41, 5.74) is 1.80. The van der Waals surface area contributed by atoms with Crippen molar-refractivity contribution >= 4 is 40.7 Å². The van der Waals surface area contributed by atoms with E-state index in [4.69, 9.17) is 11.6 Å². The van der Waals surface area contributed by atoms with Crippen molar-refractivity contribution in [1.82, 2.24) is 14.7 Å². The van der Waals surface area contributed by atoms with Crippen molar-refractivity contribution < 1.29 is 14.4 Å². The number of carbonyl (C=O) groups is 3. The molecular weight excluding hydrogens is 410 g/mol. The van der Waals surface area contributed by atoms with Gasteiger partial charge in [-0.3, -0.25) is 24.2 Å². The molecule has 2 aliphatic rings. The largest absolute Gasteiger partial charge is 0.340 e. The molecule has 1 fully saturated rings. The Morgan fingerprint density at radius 3 is 2.45 bits per heavy atom. The first kappa shape index (κ1) is 20.1. The van der Waals surface area contributed by atoms with E-state index in [0.29, 0.717) is 24.2 Å². The van der Waals surface area contributed by atoms with Crippen LogP contribution in [-0.4, -0.2) is 65.1 Å². The van der Waals surface area contributed by atoms with E-state index in [1.54, 1.807) is 23.5 Å². The highest BCUT2D eigenvalue weighted by molar-refractivity contribution is 7.16. The maximum atomic E-state index is 12.6. The summed E-state index contributed by atoms with van der Waals surface area (Å²) in [6.07, 6.45) is 0.158. The Labute approximate surface area is 178 Å². The number of amides is 3. The monoisotopic (exact) mass is 431 g/mol. The average Bonchev–Trinajstić information content (AvgIpc) is 3.21. The zero-order valence-electron chi connectivity index (χ0n) is 16.2. The molecule has 0 N–H and O–H groups in total. The first-order chi connectivity index (χ1) is 13.9. The SMILES string of the molecule is Cc1ccc2c(c1)C(=O)N(CCC(=O)N1CCN(Cc3ccc(Cl)s3)CC1)C2=O. The Bertz CT molecular complexity index is 966. The van der Waals surface area contributed by atoms with Gasteiger partial charge in [-0.25, -0.2) is 0 Å². The Morgan fingerprint density at radius 1 is 1.03 bits per heavy atom. The number of nitrogens with zero attached hydrogens (tertiary/aromatic N) is 3. The summed E-state index contributed by atoms with van der Waals surface area (Å²) in [5.74, 6) is -0.630. The van der Waals surface area contributed by atoms with Gasteiger partial charge in [-0.2, -0.15) is 0 Å². The van der Waals surface area contributed by atoms with Gasteiger partial charge in [0.25, 0.3) is 11.8 Å². The molecule has 0 unspecified atom stereocenters. The molecule has 6 nitrogen and oxygen atoms in total. The van der Waals surface area contributed by atoms with Crippen molar-refractivity contribution in [1.29, 1.82) is 0 Å². The maximum absolute atomic E-state index is 12.6. The molecule has 0 atom stereocenters. The number of imide groups is 1. The fourth-order valence-corrected chi connectivity index (χ4v) is 4.92. The molecule has 0 bridgehead atoms. The second-order valence-electron chi connectivity index (χ2n) is 7.42. The lowest BCUT2D eigenvalue weighted by atomic mass is 10.1. The molecule has 0 spiro atoms. The van der Waals surface area contributed by atoms with E-state index in [2.05, 4.69) is 4.90 Å². The normalized spacial score (nSPS) is 17.2. The van der Waals surface area contributed by atoms with Crippen molar-refractivity contribution in [2.24, 2.45) is 0 Å². The third-order valence-electron chi connectivity index (χ3n) is 5.41. The van der Waals surface area contributed by atoms with E-state index in [1.807, 2.05) is 30.0 Å². The van der Waals surface area contributed by atoms with Crippen LogP contribution >= 0.6 is 22.9 Å².